The van der Waals surface area contributed by atoms with Crippen LogP contribution in [-0.4, -0.2) is 65.6 Å². The highest BCUT2D eigenvalue weighted by atomic mass is 35.5. The number of hydrogen-bond donors (Lipinski definition) is 1. The second-order valence-corrected chi connectivity index (χ2v) is 10.9. The van der Waals surface area contributed by atoms with Crippen molar-refractivity contribution in [2.75, 3.05) is 52.3 Å². The van der Waals surface area contributed by atoms with Gasteiger partial charge in [0.15, 0.2) is 9.84 Å². The van der Waals surface area contributed by atoms with Crippen molar-refractivity contribution < 1.29 is 17.9 Å². The van der Waals surface area contributed by atoms with Crippen molar-refractivity contribution in [2.24, 2.45) is 5.73 Å². The van der Waals surface area contributed by atoms with E-state index < -0.39 is 9.84 Å². The minimum atomic E-state index is -3.42. The molecule has 3 rings (SSSR count). The summed E-state index contributed by atoms with van der Waals surface area (Å²) in [6.07, 6.45) is 0.420. The summed E-state index contributed by atoms with van der Waals surface area (Å²) < 4.78 is 36.5. The third kappa shape index (κ3) is 6.67. The van der Waals surface area contributed by atoms with E-state index in [1.807, 2.05) is 19.2 Å². The molecule has 1 aliphatic rings. The van der Waals surface area contributed by atoms with E-state index in [9.17, 15) is 8.42 Å². The molecule has 32 heavy (non-hydrogen) atoms. The summed E-state index contributed by atoms with van der Waals surface area (Å²) in [6, 6.07) is 10.9. The van der Waals surface area contributed by atoms with Crippen LogP contribution in [0.3, 0.4) is 0 Å². The first-order chi connectivity index (χ1) is 15.3. The standard InChI is InChI=1S/C23H30Cl2N2O4S/c1-27-15-21(20-13-18(24)14-23(25)22(20)16-27)17-4-2-5-19(12-17)32(28,29)11-3-7-30-9-10-31-8-6-26/h2,4-5,12-14,21H,3,6-11,15-16,26H2,1H3/t21-/m0/s1. The lowest BCUT2D eigenvalue weighted by molar-refractivity contribution is 0.0512. The molecule has 0 unspecified atom stereocenters. The fourth-order valence-corrected chi connectivity index (χ4v) is 5.83. The summed E-state index contributed by atoms with van der Waals surface area (Å²) in [5, 5.41) is 1.22. The molecular formula is C23H30Cl2N2O4S. The maximum atomic E-state index is 12.9. The molecule has 0 aromatic heterocycles. The summed E-state index contributed by atoms with van der Waals surface area (Å²) in [7, 11) is -1.39. The number of ether oxygens (including phenoxy) is 2. The lowest BCUT2D eigenvalue weighted by atomic mass is 9.85. The molecule has 9 heteroatoms. The van der Waals surface area contributed by atoms with Crippen LogP contribution in [0.25, 0.3) is 0 Å². The van der Waals surface area contributed by atoms with Crippen LogP contribution < -0.4 is 5.73 Å². The summed E-state index contributed by atoms with van der Waals surface area (Å²) in [6.45, 7) is 3.70. The van der Waals surface area contributed by atoms with Gasteiger partial charge in [-0.15, -0.1) is 0 Å². The highest BCUT2D eigenvalue weighted by Gasteiger charge is 2.28. The van der Waals surface area contributed by atoms with E-state index in [-0.39, 0.29) is 11.7 Å². The van der Waals surface area contributed by atoms with Crippen LogP contribution in [0.5, 0.6) is 0 Å². The molecule has 2 aromatic rings. The Kier molecular flexibility index (Phi) is 9.37. The molecule has 6 nitrogen and oxygen atoms in total. The highest BCUT2D eigenvalue weighted by molar-refractivity contribution is 7.91. The highest BCUT2D eigenvalue weighted by Crippen LogP contribution is 2.38. The Balaban J connectivity index is 1.69. The van der Waals surface area contributed by atoms with Gasteiger partial charge in [0.2, 0.25) is 0 Å². The molecule has 1 heterocycles. The molecule has 0 radical (unpaired) electrons. The van der Waals surface area contributed by atoms with Gasteiger partial charge in [0.25, 0.3) is 0 Å². The van der Waals surface area contributed by atoms with Gasteiger partial charge in [-0.2, -0.15) is 0 Å². The third-order valence-corrected chi connectivity index (χ3v) is 7.80. The lowest BCUT2D eigenvalue weighted by Crippen LogP contribution is -2.31. The molecule has 0 amide bonds. The maximum Gasteiger partial charge on any atom is 0.178 e. The number of hydrogen-bond acceptors (Lipinski definition) is 6. The van der Waals surface area contributed by atoms with Crippen molar-refractivity contribution in [3.8, 4) is 0 Å². The fourth-order valence-electron chi connectivity index (χ4n) is 3.93. The van der Waals surface area contributed by atoms with Gasteiger partial charge < -0.3 is 20.1 Å². The van der Waals surface area contributed by atoms with Crippen molar-refractivity contribution in [2.45, 2.75) is 23.8 Å². The topological polar surface area (TPSA) is 81.9 Å². The van der Waals surface area contributed by atoms with Crippen LogP contribution in [-0.2, 0) is 25.9 Å². The molecule has 0 saturated carbocycles. The van der Waals surface area contributed by atoms with Crippen molar-refractivity contribution in [3.63, 3.8) is 0 Å². The zero-order chi connectivity index (χ0) is 23.1. The molecule has 1 aliphatic heterocycles. The predicted octanol–water partition coefficient (Wildman–Crippen LogP) is 3.73. The molecule has 0 fully saturated rings. The van der Waals surface area contributed by atoms with Gasteiger partial charge in [0.1, 0.15) is 0 Å². The monoisotopic (exact) mass is 500 g/mol. The second-order valence-electron chi connectivity index (χ2n) is 7.96. The zero-order valence-corrected chi connectivity index (χ0v) is 20.6. The van der Waals surface area contributed by atoms with Crippen molar-refractivity contribution in [1.29, 1.82) is 0 Å². The van der Waals surface area contributed by atoms with Crippen LogP contribution >= 0.6 is 23.2 Å². The van der Waals surface area contributed by atoms with Gasteiger partial charge in [0, 0.05) is 42.2 Å². The molecule has 2 aromatic carbocycles. The number of likely N-dealkylation sites (N-methyl/N-ethyl adjacent to an activating group) is 1. The molecule has 2 N–H and O–H groups in total. The van der Waals surface area contributed by atoms with Crippen LogP contribution in [0.15, 0.2) is 41.3 Å². The number of benzene rings is 2. The Hall–Kier alpha value is -1.19. The number of rotatable bonds is 11. The van der Waals surface area contributed by atoms with E-state index in [4.69, 9.17) is 38.4 Å². The van der Waals surface area contributed by atoms with Gasteiger partial charge in [-0.25, -0.2) is 8.42 Å². The number of nitrogens with two attached hydrogens (primary N) is 1. The van der Waals surface area contributed by atoms with Crippen molar-refractivity contribution in [3.05, 3.63) is 63.1 Å². The number of nitrogens with zero attached hydrogens (tertiary/aromatic N) is 1. The smallest absolute Gasteiger partial charge is 0.178 e. The Morgan fingerprint density at radius 2 is 1.84 bits per heavy atom. The molecule has 1 atom stereocenters. The third-order valence-electron chi connectivity index (χ3n) is 5.45. The van der Waals surface area contributed by atoms with Gasteiger partial charge in [-0.05, 0) is 54.4 Å². The average molecular weight is 501 g/mol. The Bertz CT molecular complexity index is 1020. The predicted molar refractivity (Wildman–Crippen MR) is 128 cm³/mol. The van der Waals surface area contributed by atoms with Gasteiger partial charge in [0.05, 0.1) is 30.5 Å². The Morgan fingerprint density at radius 1 is 1.09 bits per heavy atom. The Labute approximate surface area is 200 Å². The summed E-state index contributed by atoms with van der Waals surface area (Å²) in [5.74, 6) is 0.0193. The minimum Gasteiger partial charge on any atom is -0.379 e. The van der Waals surface area contributed by atoms with E-state index in [0.717, 1.165) is 29.8 Å². The first-order valence-electron chi connectivity index (χ1n) is 10.7. The molecule has 0 spiro atoms. The average Bonchev–Trinajstić information content (AvgIpc) is 2.76. The van der Waals surface area contributed by atoms with E-state index in [2.05, 4.69) is 4.90 Å². The minimum absolute atomic E-state index is 0.00745. The van der Waals surface area contributed by atoms with Gasteiger partial charge in [-0.3, -0.25) is 0 Å². The van der Waals surface area contributed by atoms with Crippen LogP contribution in [0.1, 0.15) is 29.0 Å². The van der Waals surface area contributed by atoms with Gasteiger partial charge in [-0.1, -0.05) is 35.3 Å². The second kappa shape index (κ2) is 11.8. The quantitative estimate of drug-likeness (QED) is 0.473. The normalized spacial score (nSPS) is 16.8. The maximum absolute atomic E-state index is 12.9. The lowest BCUT2D eigenvalue weighted by Gasteiger charge is -2.33. The number of sulfone groups is 1. The summed E-state index contributed by atoms with van der Waals surface area (Å²) in [4.78, 5) is 2.51. The molecule has 0 aliphatic carbocycles. The van der Waals surface area contributed by atoms with Crippen LogP contribution in [0, 0.1) is 0 Å². The number of halogens is 2. The molecular weight excluding hydrogens is 471 g/mol. The van der Waals surface area contributed by atoms with E-state index >= 15 is 0 Å². The first kappa shape index (κ1) is 25.4. The van der Waals surface area contributed by atoms with E-state index in [1.54, 1.807) is 24.3 Å². The Morgan fingerprint density at radius 3 is 2.59 bits per heavy atom. The van der Waals surface area contributed by atoms with Crippen LogP contribution in [0.4, 0.5) is 0 Å². The van der Waals surface area contributed by atoms with Crippen LogP contribution in [0.2, 0.25) is 10.0 Å². The SMILES string of the molecule is CN1Cc2c(Cl)cc(Cl)cc2[C@H](c2cccc(S(=O)(=O)CCCOCCOCCN)c2)C1. The summed E-state index contributed by atoms with van der Waals surface area (Å²) in [5.41, 5.74) is 8.38. The van der Waals surface area contributed by atoms with Crippen molar-refractivity contribution in [1.82, 2.24) is 4.90 Å². The molecule has 0 bridgehead atoms. The number of fused-ring (bicyclic) bond motifs is 1. The largest absolute Gasteiger partial charge is 0.379 e. The van der Waals surface area contributed by atoms with Crippen molar-refractivity contribution >= 4 is 33.0 Å². The van der Waals surface area contributed by atoms with E-state index in [1.165, 1.54) is 0 Å². The fraction of sp³-hybridized carbons (Fsp3) is 0.478. The van der Waals surface area contributed by atoms with E-state index in [0.29, 0.717) is 54.3 Å². The first-order valence-corrected chi connectivity index (χ1v) is 13.1. The zero-order valence-electron chi connectivity index (χ0n) is 18.2. The summed E-state index contributed by atoms with van der Waals surface area (Å²) >= 11 is 12.7. The van der Waals surface area contributed by atoms with Gasteiger partial charge >= 0.3 is 0 Å². The molecule has 176 valence electrons. The molecule has 0 saturated heterocycles.